The van der Waals surface area contributed by atoms with Crippen molar-refractivity contribution in [2.75, 3.05) is 0 Å². The summed E-state index contributed by atoms with van der Waals surface area (Å²) in [5, 5.41) is 0. The number of halogens is 5. The van der Waals surface area contributed by atoms with Crippen LogP contribution < -0.4 is 0 Å². The Hall–Kier alpha value is 1.09. The van der Waals surface area contributed by atoms with Crippen LogP contribution in [0.25, 0.3) is 0 Å². The van der Waals surface area contributed by atoms with Gasteiger partial charge in [0.05, 0.1) is 0 Å². The van der Waals surface area contributed by atoms with E-state index in [1.54, 1.807) is 0 Å². The van der Waals surface area contributed by atoms with E-state index in [9.17, 15) is 4.79 Å². The van der Waals surface area contributed by atoms with Gasteiger partial charge in [-0.1, -0.05) is 35.1 Å². The van der Waals surface area contributed by atoms with Gasteiger partial charge in [-0.05, 0) is 85.6 Å². The van der Waals surface area contributed by atoms with Crippen LogP contribution in [0.15, 0.2) is 22.4 Å². The first kappa shape index (κ1) is 25.3. The minimum absolute atomic E-state index is 0. The first-order valence-electron chi connectivity index (χ1n) is 5.95. The van der Waals surface area contributed by atoms with Crippen LogP contribution in [-0.2, 0) is 16.1 Å². The molecular formula is C15H21Br5O2. The van der Waals surface area contributed by atoms with Crippen LogP contribution in [-0.4, -0.2) is 5.97 Å². The lowest BCUT2D eigenvalue weighted by Crippen LogP contribution is -2.09. The molecule has 0 bridgehead atoms. The number of carbonyl (C=O) groups is 1. The monoisotopic (exact) mass is 628 g/mol. The quantitative estimate of drug-likeness (QED) is 0.186. The van der Waals surface area contributed by atoms with Crippen LogP contribution in [0.4, 0.5) is 0 Å². The Balaban J connectivity index is 0. The molecule has 1 unspecified atom stereocenters. The van der Waals surface area contributed by atoms with Gasteiger partial charge in [-0.15, -0.1) is 0 Å². The maximum absolute atomic E-state index is 11.8. The standard InChI is InChI=1S/C13H13Br5O2.2CH4/c1-3-6(2)4-8(19)20-5-7-9(14)11(16)13(18)12(17)10(7)15;;/h6H,3-5H2,1-2H3;2*1H4. The molecule has 1 rings (SSSR count). The summed E-state index contributed by atoms with van der Waals surface area (Å²) in [6.07, 6.45) is 1.42. The third kappa shape index (κ3) is 6.54. The van der Waals surface area contributed by atoms with Gasteiger partial charge in [0.25, 0.3) is 0 Å². The van der Waals surface area contributed by atoms with Crippen molar-refractivity contribution < 1.29 is 9.53 Å². The first-order chi connectivity index (χ1) is 9.29. The number of carbonyl (C=O) groups excluding carboxylic acids is 1. The van der Waals surface area contributed by atoms with E-state index in [-0.39, 0.29) is 27.4 Å². The van der Waals surface area contributed by atoms with Gasteiger partial charge in [-0.2, -0.15) is 0 Å². The molecule has 0 aliphatic carbocycles. The van der Waals surface area contributed by atoms with E-state index in [1.165, 1.54) is 0 Å². The summed E-state index contributed by atoms with van der Waals surface area (Å²) in [6, 6.07) is 0. The molecule has 2 nitrogen and oxygen atoms in total. The highest BCUT2D eigenvalue weighted by Gasteiger charge is 2.19. The van der Waals surface area contributed by atoms with Crippen molar-refractivity contribution >= 4 is 85.6 Å². The van der Waals surface area contributed by atoms with E-state index in [4.69, 9.17) is 4.74 Å². The predicted molar refractivity (Wildman–Crippen MR) is 112 cm³/mol. The minimum atomic E-state index is -0.173. The van der Waals surface area contributed by atoms with E-state index in [0.29, 0.717) is 12.3 Å². The SMILES string of the molecule is C.C.CCC(C)CC(=O)OCc1c(Br)c(Br)c(Br)c(Br)c1Br. The molecule has 7 heteroatoms. The summed E-state index contributed by atoms with van der Waals surface area (Å²) in [7, 11) is 0. The molecule has 1 aromatic carbocycles. The molecule has 0 amide bonds. The zero-order valence-electron chi connectivity index (χ0n) is 10.9. The molecule has 0 spiro atoms. The van der Waals surface area contributed by atoms with Gasteiger partial charge in [-0.3, -0.25) is 4.79 Å². The van der Waals surface area contributed by atoms with Crippen LogP contribution in [0.3, 0.4) is 0 Å². The van der Waals surface area contributed by atoms with Crippen LogP contribution in [0, 0.1) is 5.92 Å². The van der Waals surface area contributed by atoms with E-state index >= 15 is 0 Å². The minimum Gasteiger partial charge on any atom is -0.461 e. The van der Waals surface area contributed by atoms with Gasteiger partial charge in [0.2, 0.25) is 0 Å². The summed E-state index contributed by atoms with van der Waals surface area (Å²) < 4.78 is 9.72. The third-order valence-electron chi connectivity index (χ3n) is 2.89. The van der Waals surface area contributed by atoms with Crippen molar-refractivity contribution in [1.29, 1.82) is 0 Å². The highest BCUT2D eigenvalue weighted by molar-refractivity contribution is 9.15. The van der Waals surface area contributed by atoms with E-state index < -0.39 is 0 Å². The molecule has 1 atom stereocenters. The summed E-state index contributed by atoms with van der Waals surface area (Å²) in [5.41, 5.74) is 0.879. The summed E-state index contributed by atoms with van der Waals surface area (Å²) in [6.45, 7) is 4.33. The Morgan fingerprint density at radius 3 is 1.77 bits per heavy atom. The van der Waals surface area contributed by atoms with Gasteiger partial charge in [0.15, 0.2) is 0 Å². The van der Waals surface area contributed by atoms with Gasteiger partial charge in [0.1, 0.15) is 6.61 Å². The highest BCUT2D eigenvalue weighted by Crippen LogP contribution is 2.44. The second-order valence-electron chi connectivity index (χ2n) is 4.43. The smallest absolute Gasteiger partial charge is 0.306 e. The zero-order chi connectivity index (χ0) is 15.4. The third-order valence-corrected chi connectivity index (χ3v) is 9.15. The summed E-state index contributed by atoms with van der Waals surface area (Å²) >= 11 is 17.5. The molecule has 0 fully saturated rings. The van der Waals surface area contributed by atoms with Gasteiger partial charge in [0, 0.05) is 34.3 Å². The largest absolute Gasteiger partial charge is 0.461 e. The average Bonchev–Trinajstić information content (AvgIpc) is 2.42. The lowest BCUT2D eigenvalue weighted by molar-refractivity contribution is -0.146. The van der Waals surface area contributed by atoms with Crippen molar-refractivity contribution in [2.24, 2.45) is 5.92 Å². The Labute approximate surface area is 175 Å². The van der Waals surface area contributed by atoms with Crippen molar-refractivity contribution in [3.63, 3.8) is 0 Å². The number of benzene rings is 1. The number of ether oxygens (including phenoxy) is 1. The van der Waals surface area contributed by atoms with Crippen molar-refractivity contribution in [1.82, 2.24) is 0 Å². The number of esters is 1. The van der Waals surface area contributed by atoms with E-state index in [0.717, 1.165) is 34.3 Å². The van der Waals surface area contributed by atoms with E-state index in [2.05, 4.69) is 86.6 Å². The molecule has 1 aromatic rings. The maximum Gasteiger partial charge on any atom is 0.306 e. The molecule has 0 saturated carbocycles. The molecule has 0 radical (unpaired) electrons. The summed E-state index contributed by atoms with van der Waals surface area (Å²) in [4.78, 5) is 11.8. The maximum atomic E-state index is 11.8. The van der Waals surface area contributed by atoms with Crippen molar-refractivity contribution in [3.8, 4) is 0 Å². The van der Waals surface area contributed by atoms with E-state index in [1.807, 2.05) is 6.92 Å². The molecule has 0 aliphatic heterocycles. The van der Waals surface area contributed by atoms with Crippen molar-refractivity contribution in [2.45, 2.75) is 48.1 Å². The number of hydrogen-bond acceptors (Lipinski definition) is 2. The molecule has 0 saturated heterocycles. The lowest BCUT2D eigenvalue weighted by Gasteiger charge is -2.14. The second-order valence-corrected chi connectivity index (χ2v) is 8.39. The fourth-order valence-corrected chi connectivity index (χ4v) is 4.78. The van der Waals surface area contributed by atoms with Crippen LogP contribution in [0.1, 0.15) is 47.1 Å². The zero-order valence-corrected chi connectivity index (χ0v) is 18.8. The number of rotatable bonds is 5. The Bertz CT molecular complexity index is 488. The normalized spacial score (nSPS) is 11.2. The summed E-state index contributed by atoms with van der Waals surface area (Å²) in [5.74, 6) is 0.172. The molecule has 0 N–H and O–H groups in total. The molecule has 0 heterocycles. The first-order valence-corrected chi connectivity index (χ1v) is 9.91. The van der Waals surface area contributed by atoms with Crippen LogP contribution in [0.5, 0.6) is 0 Å². The van der Waals surface area contributed by atoms with Crippen LogP contribution >= 0.6 is 79.6 Å². The van der Waals surface area contributed by atoms with Gasteiger partial charge in [-0.25, -0.2) is 0 Å². The lowest BCUT2D eigenvalue weighted by atomic mass is 10.1. The molecule has 0 aromatic heterocycles. The van der Waals surface area contributed by atoms with Gasteiger partial charge < -0.3 is 4.74 Å². The fraction of sp³-hybridized carbons (Fsp3) is 0.533. The molecule has 22 heavy (non-hydrogen) atoms. The highest BCUT2D eigenvalue weighted by atomic mass is 79.9. The molecule has 0 aliphatic rings. The van der Waals surface area contributed by atoms with Gasteiger partial charge >= 0.3 is 5.97 Å². The molecule has 128 valence electrons. The second kappa shape index (κ2) is 11.6. The topological polar surface area (TPSA) is 26.3 Å². The average molecular weight is 633 g/mol. The van der Waals surface area contributed by atoms with Crippen molar-refractivity contribution in [3.05, 3.63) is 27.9 Å². The Morgan fingerprint density at radius 1 is 0.955 bits per heavy atom. The Morgan fingerprint density at radius 2 is 1.36 bits per heavy atom. The fourth-order valence-electron chi connectivity index (χ4n) is 1.42. The molecular weight excluding hydrogens is 612 g/mol. The predicted octanol–water partition coefficient (Wildman–Crippen LogP) is 8.25. The Kier molecular flexibility index (Phi) is 13.4. The van der Waals surface area contributed by atoms with Crippen LogP contribution in [0.2, 0.25) is 0 Å². The number of hydrogen-bond donors (Lipinski definition) is 0.